The van der Waals surface area contributed by atoms with E-state index in [1.54, 1.807) is 17.2 Å². The van der Waals surface area contributed by atoms with E-state index in [1.165, 1.54) is 7.11 Å². The summed E-state index contributed by atoms with van der Waals surface area (Å²) in [5, 5.41) is 7.58. The number of hydrogen-bond acceptors (Lipinski definition) is 6. The summed E-state index contributed by atoms with van der Waals surface area (Å²) in [6, 6.07) is 3.68. The molecule has 1 fully saturated rings. The summed E-state index contributed by atoms with van der Waals surface area (Å²) in [6.45, 7) is 8.28. The van der Waals surface area contributed by atoms with Crippen LogP contribution in [0, 0.1) is 5.41 Å². The highest BCUT2D eigenvalue weighted by Gasteiger charge is 2.26. The molecule has 23 heavy (non-hydrogen) atoms. The summed E-state index contributed by atoms with van der Waals surface area (Å²) in [5.74, 6) is 0.0475. The molecule has 126 valence electrons. The number of amides is 1. The number of methoxy groups -OCH3 is 1. The van der Waals surface area contributed by atoms with Gasteiger partial charge in [-0.25, -0.2) is 9.78 Å². The third kappa shape index (κ3) is 4.58. The number of nitrogens with zero attached hydrogens (tertiary/aromatic N) is 3. The summed E-state index contributed by atoms with van der Waals surface area (Å²) in [7, 11) is 1.45. The summed E-state index contributed by atoms with van der Waals surface area (Å²) in [6.07, 6.45) is 1.46. The third-order valence-corrected chi connectivity index (χ3v) is 3.48. The standard InChI is InChI=1S/C16H24N4O3/c1-16(2,3)23-15(21)20-9-7-19(8-10-20)12-5-6-13(18-11-12)14(17)22-4/h5-6,11,17H,7-10H2,1-4H3. The van der Waals surface area contributed by atoms with Crippen LogP contribution in [0.4, 0.5) is 10.5 Å². The minimum Gasteiger partial charge on any atom is -0.480 e. The molecule has 1 saturated heterocycles. The van der Waals surface area contributed by atoms with Crippen molar-refractivity contribution >= 4 is 17.7 Å². The molecular weight excluding hydrogens is 296 g/mol. The van der Waals surface area contributed by atoms with Gasteiger partial charge in [-0.05, 0) is 32.9 Å². The van der Waals surface area contributed by atoms with Gasteiger partial charge in [-0.15, -0.1) is 0 Å². The summed E-state index contributed by atoms with van der Waals surface area (Å²) >= 11 is 0. The molecule has 0 spiro atoms. The largest absolute Gasteiger partial charge is 0.480 e. The van der Waals surface area contributed by atoms with Crippen LogP contribution in [0.2, 0.25) is 0 Å². The number of hydrogen-bond donors (Lipinski definition) is 1. The fraction of sp³-hybridized carbons (Fsp3) is 0.562. The Kier molecular flexibility index (Phi) is 5.08. The highest BCUT2D eigenvalue weighted by molar-refractivity contribution is 5.89. The van der Waals surface area contributed by atoms with Crippen LogP contribution in [0.25, 0.3) is 0 Å². The minimum atomic E-state index is -0.472. The van der Waals surface area contributed by atoms with E-state index >= 15 is 0 Å². The number of anilines is 1. The van der Waals surface area contributed by atoms with Crippen LogP contribution in [-0.2, 0) is 9.47 Å². The van der Waals surface area contributed by atoms with E-state index in [2.05, 4.69) is 9.88 Å². The van der Waals surface area contributed by atoms with Gasteiger partial charge < -0.3 is 19.3 Å². The molecule has 2 heterocycles. The molecule has 1 amide bonds. The van der Waals surface area contributed by atoms with Crippen molar-refractivity contribution in [3.8, 4) is 0 Å². The van der Waals surface area contributed by atoms with Crippen molar-refractivity contribution in [2.45, 2.75) is 26.4 Å². The van der Waals surface area contributed by atoms with Gasteiger partial charge in [0, 0.05) is 26.2 Å². The van der Waals surface area contributed by atoms with Gasteiger partial charge in [0.05, 0.1) is 19.0 Å². The van der Waals surface area contributed by atoms with Crippen molar-refractivity contribution in [3.05, 3.63) is 24.0 Å². The summed E-state index contributed by atoms with van der Waals surface area (Å²) < 4.78 is 10.2. The van der Waals surface area contributed by atoms with Crippen LogP contribution in [0.15, 0.2) is 18.3 Å². The molecule has 7 heteroatoms. The normalized spacial score (nSPS) is 15.3. The zero-order chi connectivity index (χ0) is 17.0. The Morgan fingerprint density at radius 2 is 1.87 bits per heavy atom. The number of carbonyl (C=O) groups excluding carboxylic acids is 1. The predicted octanol–water partition coefficient (Wildman–Crippen LogP) is 2.11. The number of aromatic nitrogens is 1. The molecule has 0 bridgehead atoms. The maximum atomic E-state index is 12.0. The third-order valence-electron chi connectivity index (χ3n) is 3.48. The molecule has 0 aromatic carbocycles. The maximum absolute atomic E-state index is 12.0. The molecule has 0 atom stereocenters. The van der Waals surface area contributed by atoms with E-state index in [0.717, 1.165) is 18.8 Å². The van der Waals surface area contributed by atoms with Crippen molar-refractivity contribution in [1.82, 2.24) is 9.88 Å². The topological polar surface area (TPSA) is 78.8 Å². The fourth-order valence-corrected chi connectivity index (χ4v) is 2.29. The molecule has 0 saturated carbocycles. The van der Waals surface area contributed by atoms with Crippen molar-refractivity contribution in [3.63, 3.8) is 0 Å². The van der Waals surface area contributed by atoms with Crippen LogP contribution in [0.3, 0.4) is 0 Å². The van der Waals surface area contributed by atoms with Gasteiger partial charge in [0.15, 0.2) is 0 Å². The molecule has 0 aliphatic carbocycles. The van der Waals surface area contributed by atoms with E-state index < -0.39 is 5.60 Å². The lowest BCUT2D eigenvalue weighted by Gasteiger charge is -2.36. The molecule has 1 N–H and O–H groups in total. The lowest BCUT2D eigenvalue weighted by molar-refractivity contribution is 0.0240. The lowest BCUT2D eigenvalue weighted by atomic mass is 10.2. The van der Waals surface area contributed by atoms with Crippen LogP contribution < -0.4 is 4.90 Å². The first-order valence-corrected chi connectivity index (χ1v) is 7.62. The second-order valence-corrected chi connectivity index (χ2v) is 6.39. The van der Waals surface area contributed by atoms with Crippen LogP contribution >= 0.6 is 0 Å². The molecule has 1 aromatic rings. The quantitative estimate of drug-likeness (QED) is 0.667. The van der Waals surface area contributed by atoms with Gasteiger partial charge in [-0.1, -0.05) is 0 Å². The molecule has 2 rings (SSSR count). The highest BCUT2D eigenvalue weighted by atomic mass is 16.6. The van der Waals surface area contributed by atoms with Gasteiger partial charge in [0.2, 0.25) is 5.90 Å². The molecule has 0 unspecified atom stereocenters. The van der Waals surface area contributed by atoms with E-state index in [9.17, 15) is 4.79 Å². The molecule has 1 aliphatic heterocycles. The van der Waals surface area contributed by atoms with Crippen LogP contribution in [-0.4, -0.2) is 60.8 Å². The molecule has 1 aromatic heterocycles. The van der Waals surface area contributed by atoms with E-state index in [1.807, 2.05) is 26.8 Å². The average Bonchev–Trinajstić information content (AvgIpc) is 2.53. The Balaban J connectivity index is 1.91. The zero-order valence-corrected chi connectivity index (χ0v) is 14.1. The number of pyridine rings is 1. The SMILES string of the molecule is COC(=N)c1ccc(N2CCN(C(=O)OC(C)(C)C)CC2)cn1. The number of carbonyl (C=O) groups is 1. The number of ether oxygens (including phenoxy) is 2. The monoisotopic (exact) mass is 320 g/mol. The number of piperazine rings is 1. The Labute approximate surface area is 136 Å². The van der Waals surface area contributed by atoms with E-state index in [-0.39, 0.29) is 12.0 Å². The minimum absolute atomic E-state index is 0.0475. The van der Waals surface area contributed by atoms with E-state index in [4.69, 9.17) is 14.9 Å². The van der Waals surface area contributed by atoms with Crippen molar-refractivity contribution in [2.75, 3.05) is 38.2 Å². The first kappa shape index (κ1) is 17.1. The van der Waals surface area contributed by atoms with Gasteiger partial charge in [-0.3, -0.25) is 5.41 Å². The van der Waals surface area contributed by atoms with Crippen LogP contribution in [0.5, 0.6) is 0 Å². The van der Waals surface area contributed by atoms with Gasteiger partial charge >= 0.3 is 6.09 Å². The fourth-order valence-electron chi connectivity index (χ4n) is 2.29. The number of nitrogens with one attached hydrogen (secondary N) is 1. The maximum Gasteiger partial charge on any atom is 0.410 e. The van der Waals surface area contributed by atoms with Gasteiger partial charge in [0.25, 0.3) is 0 Å². The lowest BCUT2D eigenvalue weighted by Crippen LogP contribution is -2.50. The molecule has 0 radical (unpaired) electrons. The first-order valence-electron chi connectivity index (χ1n) is 7.62. The second-order valence-electron chi connectivity index (χ2n) is 6.39. The predicted molar refractivity (Wildman–Crippen MR) is 88.1 cm³/mol. The second kappa shape index (κ2) is 6.85. The first-order chi connectivity index (χ1) is 10.8. The molecule has 7 nitrogen and oxygen atoms in total. The average molecular weight is 320 g/mol. The molecule has 1 aliphatic rings. The Morgan fingerprint density at radius 3 is 2.35 bits per heavy atom. The smallest absolute Gasteiger partial charge is 0.410 e. The Hall–Kier alpha value is -2.31. The van der Waals surface area contributed by atoms with Crippen molar-refractivity contribution < 1.29 is 14.3 Å². The summed E-state index contributed by atoms with van der Waals surface area (Å²) in [4.78, 5) is 20.2. The number of rotatable bonds is 2. The van der Waals surface area contributed by atoms with Crippen LogP contribution in [0.1, 0.15) is 26.5 Å². The van der Waals surface area contributed by atoms with Gasteiger partial charge in [0.1, 0.15) is 11.3 Å². The van der Waals surface area contributed by atoms with E-state index in [0.29, 0.717) is 18.8 Å². The van der Waals surface area contributed by atoms with Crippen molar-refractivity contribution in [2.24, 2.45) is 0 Å². The summed E-state index contributed by atoms with van der Waals surface area (Å²) in [5.41, 5.74) is 1.00. The highest BCUT2D eigenvalue weighted by Crippen LogP contribution is 2.17. The van der Waals surface area contributed by atoms with Crippen molar-refractivity contribution in [1.29, 1.82) is 5.41 Å². The zero-order valence-electron chi connectivity index (χ0n) is 14.1. The Morgan fingerprint density at radius 1 is 1.22 bits per heavy atom. The van der Waals surface area contributed by atoms with Gasteiger partial charge in [-0.2, -0.15) is 0 Å². The Bertz CT molecular complexity index is 558. The molecular formula is C16H24N4O3.